The van der Waals surface area contributed by atoms with Crippen LogP contribution in [-0.2, 0) is 0 Å². The standard InChI is InChI=1S/C6H13.Al.2FH/c1-3-5-6-4-2;;;/h1,3-6H2,2H3;;2*1H/q;+2;;/p-2. The zero-order chi connectivity index (χ0) is 5.54. The Labute approximate surface area is 64.2 Å². The van der Waals surface area contributed by atoms with Crippen LogP contribution in [-0.4, -0.2) is 16.3 Å². The molecule has 0 unspecified atom stereocenters. The van der Waals surface area contributed by atoms with E-state index in [1.54, 1.807) is 0 Å². The van der Waals surface area contributed by atoms with Crippen molar-refractivity contribution in [2.24, 2.45) is 0 Å². The summed E-state index contributed by atoms with van der Waals surface area (Å²) in [5, 5.41) is 1.28. The molecular formula is C6H13AlF2. The van der Waals surface area contributed by atoms with E-state index >= 15 is 0 Å². The predicted molar refractivity (Wildman–Crippen MR) is 34.7 cm³/mol. The molecule has 0 bridgehead atoms. The minimum Gasteiger partial charge on any atom is -1.00 e. The molecule has 0 aliphatic heterocycles. The fraction of sp³-hybridized carbons (Fsp3) is 1.00. The first kappa shape index (κ1) is 16.2. The van der Waals surface area contributed by atoms with Crippen molar-refractivity contribution in [1.82, 2.24) is 0 Å². The van der Waals surface area contributed by atoms with Crippen molar-refractivity contribution >= 4 is 16.3 Å². The van der Waals surface area contributed by atoms with Gasteiger partial charge in [0.05, 0.1) is 0 Å². The smallest absolute Gasteiger partial charge is 1.00 e. The van der Waals surface area contributed by atoms with Gasteiger partial charge >= 0.3 is 54.2 Å². The van der Waals surface area contributed by atoms with Crippen molar-refractivity contribution in [1.29, 1.82) is 0 Å². The van der Waals surface area contributed by atoms with Crippen molar-refractivity contribution in [3.63, 3.8) is 0 Å². The van der Waals surface area contributed by atoms with E-state index in [9.17, 15) is 0 Å². The molecule has 0 nitrogen and oxygen atoms in total. The molecule has 0 aromatic rings. The fourth-order valence-electron chi connectivity index (χ4n) is 0.571. The van der Waals surface area contributed by atoms with Crippen molar-refractivity contribution in [2.45, 2.75) is 37.9 Å². The molecular weight excluding hydrogens is 137 g/mol. The molecule has 54 valence electrons. The molecule has 0 aromatic carbocycles. The monoisotopic (exact) mass is 150 g/mol. The molecule has 0 saturated carbocycles. The van der Waals surface area contributed by atoms with E-state index in [1.165, 1.54) is 31.0 Å². The van der Waals surface area contributed by atoms with Crippen LogP contribution in [0.4, 0.5) is 0 Å². The van der Waals surface area contributed by atoms with E-state index in [2.05, 4.69) is 23.2 Å². The summed E-state index contributed by atoms with van der Waals surface area (Å²) in [6, 6.07) is 0. The summed E-state index contributed by atoms with van der Waals surface area (Å²) in [5.74, 6) is 0. The zero-order valence-electron chi connectivity index (χ0n) is 5.87. The van der Waals surface area contributed by atoms with Crippen LogP contribution in [0.1, 0.15) is 32.6 Å². The minimum atomic E-state index is 0. The van der Waals surface area contributed by atoms with Gasteiger partial charge in [-0.05, 0) is 0 Å². The van der Waals surface area contributed by atoms with Gasteiger partial charge in [0.15, 0.2) is 0 Å². The minimum absolute atomic E-state index is 0. The summed E-state index contributed by atoms with van der Waals surface area (Å²) in [4.78, 5) is 0. The molecule has 0 aliphatic carbocycles. The van der Waals surface area contributed by atoms with Crippen molar-refractivity contribution in [3.8, 4) is 0 Å². The maximum atomic E-state index is 2.75. The van der Waals surface area contributed by atoms with Gasteiger partial charge in [0.25, 0.3) is 0 Å². The van der Waals surface area contributed by atoms with E-state index < -0.39 is 0 Å². The van der Waals surface area contributed by atoms with E-state index in [4.69, 9.17) is 0 Å². The molecule has 3 heteroatoms. The fourth-order valence-corrected chi connectivity index (χ4v) is 0.860. The summed E-state index contributed by atoms with van der Waals surface area (Å²) in [7, 11) is 0. The summed E-state index contributed by atoms with van der Waals surface area (Å²) >= 11 is 2.75. The Morgan fingerprint density at radius 2 is 1.56 bits per heavy atom. The first-order valence-electron chi connectivity index (χ1n) is 3.12. The Kier molecular flexibility index (Phi) is 28.4. The Morgan fingerprint density at radius 3 is 1.89 bits per heavy atom. The Morgan fingerprint density at radius 1 is 1.00 bits per heavy atom. The van der Waals surface area contributed by atoms with Crippen molar-refractivity contribution in [3.05, 3.63) is 0 Å². The van der Waals surface area contributed by atoms with Crippen LogP contribution < -0.4 is 9.41 Å². The number of hydrogen-bond donors (Lipinski definition) is 0. The number of hydrogen-bond acceptors (Lipinski definition) is 0. The number of halogens is 2. The summed E-state index contributed by atoms with van der Waals surface area (Å²) < 4.78 is 0. The van der Waals surface area contributed by atoms with Crippen LogP contribution >= 0.6 is 0 Å². The average Bonchev–Trinajstić information content (AvgIpc) is 1.69. The Balaban J connectivity index is -0.000000180. The van der Waals surface area contributed by atoms with Crippen molar-refractivity contribution in [2.75, 3.05) is 0 Å². The van der Waals surface area contributed by atoms with Gasteiger partial charge in [-0.1, -0.05) is 0 Å². The normalized spacial score (nSPS) is 7.44. The molecule has 0 aromatic heterocycles. The number of rotatable bonds is 4. The van der Waals surface area contributed by atoms with Crippen LogP contribution in [0.2, 0.25) is 5.28 Å². The second-order valence-electron chi connectivity index (χ2n) is 1.85. The van der Waals surface area contributed by atoms with Gasteiger partial charge in [-0.2, -0.15) is 0 Å². The maximum absolute atomic E-state index is 2.75. The van der Waals surface area contributed by atoms with Gasteiger partial charge < -0.3 is 9.41 Å². The maximum Gasteiger partial charge on any atom is -1.00 e. The topological polar surface area (TPSA) is 0 Å². The Bertz CT molecular complexity index is 30.2. The van der Waals surface area contributed by atoms with E-state index in [-0.39, 0.29) is 9.41 Å². The van der Waals surface area contributed by atoms with Crippen LogP contribution in [0.3, 0.4) is 0 Å². The molecule has 9 heavy (non-hydrogen) atoms. The summed E-state index contributed by atoms with van der Waals surface area (Å²) in [5.41, 5.74) is 0. The quantitative estimate of drug-likeness (QED) is 0.284. The largest absolute Gasteiger partial charge is 1.00 e. The molecule has 0 amide bonds. The van der Waals surface area contributed by atoms with E-state index in [0.717, 1.165) is 0 Å². The van der Waals surface area contributed by atoms with Crippen molar-refractivity contribution < 1.29 is 9.41 Å². The third-order valence-corrected chi connectivity index (χ3v) is 1.47. The van der Waals surface area contributed by atoms with Gasteiger partial charge in [-0.25, -0.2) is 0 Å². The van der Waals surface area contributed by atoms with Crippen LogP contribution in [0.25, 0.3) is 0 Å². The third-order valence-electron chi connectivity index (χ3n) is 1.06. The molecule has 0 rings (SSSR count). The first-order chi connectivity index (χ1) is 3.41. The number of unbranched alkanes of at least 4 members (excludes halogenated alkanes) is 3. The first-order valence-corrected chi connectivity index (χ1v) is 3.93. The summed E-state index contributed by atoms with van der Waals surface area (Å²) in [6.45, 7) is 2.24. The molecule has 0 N–H and O–H groups in total. The molecule has 0 radical (unpaired) electrons. The van der Waals surface area contributed by atoms with E-state index in [0.29, 0.717) is 0 Å². The summed E-state index contributed by atoms with van der Waals surface area (Å²) in [6.07, 6.45) is 5.57. The molecule has 0 fully saturated rings. The molecule has 0 aliphatic rings. The third kappa shape index (κ3) is 17.8. The SMILES string of the molecule is CCCCC[CH2][Al+2].[F-].[F-]. The predicted octanol–water partition coefficient (Wildman–Crippen LogP) is -3.84. The molecule has 0 heterocycles. The van der Waals surface area contributed by atoms with Crippen LogP contribution in [0.15, 0.2) is 0 Å². The Hall–Kier alpha value is 0.392. The molecule has 0 spiro atoms. The molecule has 0 atom stereocenters. The van der Waals surface area contributed by atoms with Crippen LogP contribution in [0.5, 0.6) is 0 Å². The average molecular weight is 150 g/mol. The van der Waals surface area contributed by atoms with E-state index in [1.807, 2.05) is 0 Å². The second-order valence-corrected chi connectivity index (χ2v) is 2.43. The van der Waals surface area contributed by atoms with Crippen LogP contribution in [0, 0.1) is 0 Å². The van der Waals surface area contributed by atoms with Gasteiger partial charge in [-0.3, -0.25) is 0 Å². The zero-order valence-corrected chi connectivity index (χ0v) is 7.02. The van der Waals surface area contributed by atoms with Gasteiger partial charge in [0.1, 0.15) is 0 Å². The van der Waals surface area contributed by atoms with Gasteiger partial charge in [0.2, 0.25) is 0 Å². The van der Waals surface area contributed by atoms with Gasteiger partial charge in [0, 0.05) is 0 Å². The second kappa shape index (κ2) is 15.8. The molecule has 0 saturated heterocycles. The van der Waals surface area contributed by atoms with Gasteiger partial charge in [-0.15, -0.1) is 0 Å².